The maximum Gasteiger partial charge on any atom is 0.327 e. The van der Waals surface area contributed by atoms with E-state index in [-0.39, 0.29) is 37.4 Å². The van der Waals surface area contributed by atoms with Gasteiger partial charge < -0.3 is 63.2 Å². The molecular formula is C47H70N10O12. The van der Waals surface area contributed by atoms with Gasteiger partial charge in [0.25, 0.3) is 5.91 Å². The van der Waals surface area contributed by atoms with E-state index in [1.165, 1.54) is 40.8 Å². The first-order chi connectivity index (χ1) is 32.4. The van der Waals surface area contributed by atoms with Gasteiger partial charge in [0.2, 0.25) is 35.4 Å². The molecule has 2 rings (SSSR count). The minimum Gasteiger partial charge on any atom is -0.480 e. The van der Waals surface area contributed by atoms with Crippen molar-refractivity contribution in [3.05, 3.63) is 72.0 Å². The van der Waals surface area contributed by atoms with Crippen molar-refractivity contribution in [1.29, 1.82) is 0 Å². The number of ether oxygens (including phenoxy) is 1. The number of hydrogen-bond acceptors (Lipinski definition) is 11. The molecule has 0 unspecified atom stereocenters. The number of benzene rings is 1. The summed E-state index contributed by atoms with van der Waals surface area (Å²) in [6, 6.07) is 1.06. The largest absolute Gasteiger partial charge is 0.480 e. The summed E-state index contributed by atoms with van der Waals surface area (Å²) in [5, 5.41) is 35.0. The molecule has 0 aromatic heterocycles. The predicted octanol–water partition coefficient (Wildman–Crippen LogP) is -0.0177. The topological polar surface area (TPSA) is 343 Å². The van der Waals surface area contributed by atoms with Crippen LogP contribution in [-0.2, 0) is 54.3 Å². The molecule has 1 heterocycles. The van der Waals surface area contributed by atoms with Crippen LogP contribution in [0.5, 0.6) is 0 Å². The molecule has 0 saturated carbocycles. The number of amides is 7. The summed E-state index contributed by atoms with van der Waals surface area (Å²) in [7, 11) is 2.82. The number of unbranched alkanes of at least 4 members (excludes halogenated alkanes) is 1. The van der Waals surface area contributed by atoms with Crippen LogP contribution in [0.3, 0.4) is 0 Å². The number of nitrogens with two attached hydrogens (primary N) is 2. The first kappa shape index (κ1) is 58.0. The minimum atomic E-state index is -1.87. The molecule has 12 N–H and O–H groups in total. The number of carbonyl (C=O) groups excluding carboxylic acids is 7. The molecule has 1 saturated heterocycles. The summed E-state index contributed by atoms with van der Waals surface area (Å²) in [4.78, 5) is 124. The van der Waals surface area contributed by atoms with E-state index in [9.17, 15) is 53.4 Å². The standard InChI is InChI=1S/C47H70N10O12/c1-25(23-26(2)36(69-9)24-32-15-11-10-12-16-32)18-19-33-27(3)39(59)55-35(45(65)66)20-21-37(58)57(8)31(7)43(63)52-29(5)41(61)51-30(6)42(62)56-38(46(67)68)28(4)40(60)54-34(44(64)53-33)17-13-14-22-50-47(48)49/h10-12,15-16,18-19,23,26-30,33-36,38H,7,13-14,17,20-22,24H2,1-6,8-9H3,(H,51,61)(H,52,63)(H,53,64)(H,54,60)(H,55,59)(H,56,62)(H,65,66)(H,67,68)(H4,48,49,50)/b19-18+,25-23+/t26-,27-,28-,29+,30-,33-,34-,35+,36-,38+/m0/s1. The van der Waals surface area contributed by atoms with E-state index in [4.69, 9.17) is 16.2 Å². The third-order valence-corrected chi connectivity index (χ3v) is 11.6. The summed E-state index contributed by atoms with van der Waals surface area (Å²) in [6.45, 7) is 12.7. The number of allylic oxidation sites excluding steroid dienone is 2. The zero-order valence-corrected chi connectivity index (χ0v) is 40.6. The normalized spacial score (nSPS) is 25.6. The molecule has 22 nitrogen and oxygen atoms in total. The SMILES string of the molecule is C=C1C(=O)N[C@H](C)C(=O)N[C@@H](C)C(=O)N[C@@H](C(=O)O)[C@H](C)C(=O)N[C@@H](CCCCN=C(N)N)C(=O)N[C@@H](/C=C/C(C)=C/[C@H](C)[C@H](Cc2ccccc2)OC)[C@H](C)C(=O)N[C@@H](C(=O)O)CCC(=O)N1C. The highest BCUT2D eigenvalue weighted by molar-refractivity contribution is 6.00. The number of rotatable bonds is 14. The Morgan fingerprint density at radius 3 is 2.04 bits per heavy atom. The Balaban J connectivity index is 2.68. The van der Waals surface area contributed by atoms with Gasteiger partial charge in [-0.1, -0.05) is 81.5 Å². The van der Waals surface area contributed by atoms with E-state index in [0.717, 1.165) is 10.5 Å². The van der Waals surface area contributed by atoms with Crippen molar-refractivity contribution in [3.63, 3.8) is 0 Å². The van der Waals surface area contributed by atoms with Gasteiger partial charge in [-0.05, 0) is 58.4 Å². The monoisotopic (exact) mass is 967 g/mol. The smallest absolute Gasteiger partial charge is 0.327 e. The summed E-state index contributed by atoms with van der Waals surface area (Å²) in [5.74, 6) is -12.3. The number of carboxylic acids is 2. The zero-order chi connectivity index (χ0) is 52.1. The van der Waals surface area contributed by atoms with Crippen molar-refractivity contribution in [1.82, 2.24) is 36.8 Å². The minimum absolute atomic E-state index is 0.0323. The van der Waals surface area contributed by atoms with Crippen LogP contribution in [0.1, 0.15) is 79.2 Å². The highest BCUT2D eigenvalue weighted by Crippen LogP contribution is 2.19. The number of carboxylic acid groups (broad SMARTS) is 2. The van der Waals surface area contributed by atoms with Crippen LogP contribution in [0.2, 0.25) is 0 Å². The van der Waals surface area contributed by atoms with Crippen LogP contribution in [0.4, 0.5) is 0 Å². The Kier molecular flexibility index (Phi) is 23.8. The number of aliphatic imine (C=N–C) groups is 1. The third-order valence-electron chi connectivity index (χ3n) is 11.6. The van der Waals surface area contributed by atoms with E-state index >= 15 is 0 Å². The molecule has 10 atom stereocenters. The molecule has 1 fully saturated rings. The van der Waals surface area contributed by atoms with Gasteiger partial charge in [0.05, 0.1) is 24.0 Å². The van der Waals surface area contributed by atoms with Crippen molar-refractivity contribution in [2.24, 2.45) is 34.2 Å². The fourth-order valence-corrected chi connectivity index (χ4v) is 7.05. The lowest BCUT2D eigenvalue weighted by atomic mass is 9.94. The van der Waals surface area contributed by atoms with Gasteiger partial charge in [0.1, 0.15) is 35.9 Å². The van der Waals surface area contributed by atoms with Gasteiger partial charge in [-0.2, -0.15) is 0 Å². The van der Waals surface area contributed by atoms with Crippen LogP contribution in [0, 0.1) is 17.8 Å². The second kappa shape index (κ2) is 28.3. The Hall–Kier alpha value is -7.10. The fraction of sp³-hybridized carbons (Fsp3) is 0.532. The molecule has 1 aliphatic heterocycles. The third kappa shape index (κ3) is 19.2. The predicted molar refractivity (Wildman–Crippen MR) is 255 cm³/mol. The number of likely N-dealkylation sites (N-methyl/N-ethyl adjacent to an activating group) is 1. The first-order valence-corrected chi connectivity index (χ1v) is 22.6. The van der Waals surface area contributed by atoms with Gasteiger partial charge in [0.15, 0.2) is 5.96 Å². The number of guanidine groups is 1. The molecule has 1 aliphatic rings. The van der Waals surface area contributed by atoms with Crippen LogP contribution < -0.4 is 43.4 Å². The van der Waals surface area contributed by atoms with Gasteiger partial charge >= 0.3 is 11.9 Å². The average Bonchev–Trinajstić information content (AvgIpc) is 3.30. The number of carbonyl (C=O) groups is 9. The maximum absolute atomic E-state index is 14.3. The maximum atomic E-state index is 14.3. The lowest BCUT2D eigenvalue weighted by Gasteiger charge is -2.28. The number of aliphatic carboxylic acids is 2. The number of nitrogens with one attached hydrogen (secondary N) is 6. The Labute approximate surface area is 402 Å². The fourth-order valence-electron chi connectivity index (χ4n) is 7.05. The highest BCUT2D eigenvalue weighted by atomic mass is 16.5. The van der Waals surface area contributed by atoms with Crippen molar-refractivity contribution >= 4 is 59.2 Å². The summed E-state index contributed by atoms with van der Waals surface area (Å²) in [5.41, 5.74) is 12.3. The number of hydrogen-bond donors (Lipinski definition) is 10. The zero-order valence-electron chi connectivity index (χ0n) is 40.6. The van der Waals surface area contributed by atoms with Gasteiger partial charge in [-0.3, -0.25) is 38.6 Å². The van der Waals surface area contributed by atoms with Gasteiger partial charge in [-0.25, -0.2) is 9.59 Å². The molecule has 0 bridgehead atoms. The molecule has 380 valence electrons. The van der Waals surface area contributed by atoms with Crippen molar-refractivity contribution in [3.8, 4) is 0 Å². The molecule has 7 amide bonds. The molecule has 0 aliphatic carbocycles. The van der Waals surface area contributed by atoms with Crippen LogP contribution >= 0.6 is 0 Å². The second-order valence-electron chi connectivity index (χ2n) is 17.2. The highest BCUT2D eigenvalue weighted by Gasteiger charge is 2.36. The van der Waals surface area contributed by atoms with Gasteiger partial charge in [0, 0.05) is 33.0 Å². The Morgan fingerprint density at radius 1 is 0.841 bits per heavy atom. The van der Waals surface area contributed by atoms with Crippen LogP contribution in [0.15, 0.2) is 71.4 Å². The first-order valence-electron chi connectivity index (χ1n) is 22.6. The van der Waals surface area contributed by atoms with E-state index in [1.54, 1.807) is 20.1 Å². The summed E-state index contributed by atoms with van der Waals surface area (Å²) in [6.07, 6.45) is 5.23. The van der Waals surface area contributed by atoms with Crippen LogP contribution in [-0.4, -0.2) is 137 Å². The molecule has 0 spiro atoms. The molecular weight excluding hydrogens is 897 g/mol. The second-order valence-corrected chi connectivity index (χ2v) is 17.2. The van der Waals surface area contributed by atoms with E-state index < -0.39 is 120 Å². The lowest BCUT2D eigenvalue weighted by molar-refractivity contribution is -0.146. The quantitative estimate of drug-likeness (QED) is 0.0386. The van der Waals surface area contributed by atoms with Gasteiger partial charge in [-0.15, -0.1) is 0 Å². The number of nitrogens with zero attached hydrogens (tertiary/aromatic N) is 2. The van der Waals surface area contributed by atoms with Crippen molar-refractivity contribution in [2.75, 3.05) is 20.7 Å². The average molecular weight is 967 g/mol. The van der Waals surface area contributed by atoms with E-state index in [0.29, 0.717) is 18.4 Å². The lowest BCUT2D eigenvalue weighted by Crippen LogP contribution is -2.58. The summed E-state index contributed by atoms with van der Waals surface area (Å²) < 4.78 is 5.81. The molecule has 0 radical (unpaired) electrons. The molecule has 1 aromatic rings. The van der Waals surface area contributed by atoms with E-state index in [1.807, 2.05) is 43.3 Å². The van der Waals surface area contributed by atoms with Crippen LogP contribution in [0.25, 0.3) is 0 Å². The van der Waals surface area contributed by atoms with Crippen molar-refractivity contribution < 1.29 is 58.1 Å². The number of methoxy groups -OCH3 is 1. The summed E-state index contributed by atoms with van der Waals surface area (Å²) >= 11 is 0. The Morgan fingerprint density at radius 2 is 1.45 bits per heavy atom. The van der Waals surface area contributed by atoms with Crippen molar-refractivity contribution in [2.45, 2.75) is 122 Å². The molecule has 1 aromatic carbocycles. The molecule has 22 heteroatoms. The van der Waals surface area contributed by atoms with E-state index in [2.05, 4.69) is 43.5 Å². The molecule has 69 heavy (non-hydrogen) atoms. The Bertz CT molecular complexity index is 2110.